The zero-order valence-electron chi connectivity index (χ0n) is 14.1. The molecule has 0 radical (unpaired) electrons. The molecule has 7 heteroatoms. The summed E-state index contributed by atoms with van der Waals surface area (Å²) in [6.07, 6.45) is 0. The van der Waals surface area contributed by atoms with Crippen LogP contribution in [0.3, 0.4) is 0 Å². The van der Waals surface area contributed by atoms with Crippen molar-refractivity contribution in [1.29, 1.82) is 0 Å². The molecule has 1 amide bonds. The molecule has 0 atom stereocenters. The lowest BCUT2D eigenvalue weighted by molar-refractivity contribution is -0.117. The molecule has 27 heavy (non-hydrogen) atoms. The molecule has 0 spiro atoms. The number of benzene rings is 2. The van der Waals surface area contributed by atoms with E-state index in [1.54, 1.807) is 36.4 Å². The van der Waals surface area contributed by atoms with Crippen LogP contribution in [0.4, 0.5) is 5.69 Å². The maximum atomic E-state index is 12.8. The molecule has 5 nitrogen and oxygen atoms in total. The van der Waals surface area contributed by atoms with Crippen LogP contribution in [0.1, 0.15) is 0 Å². The van der Waals surface area contributed by atoms with Crippen LogP contribution in [0.25, 0.3) is 21.3 Å². The number of rotatable bonds is 4. The molecule has 134 valence electrons. The van der Waals surface area contributed by atoms with Crippen molar-refractivity contribution in [3.63, 3.8) is 0 Å². The number of carbonyl (C=O) groups is 1. The molecule has 2 aromatic carbocycles. The van der Waals surface area contributed by atoms with Gasteiger partial charge in [-0.25, -0.2) is 4.68 Å². The summed E-state index contributed by atoms with van der Waals surface area (Å²) in [6, 6.07) is 18.0. The highest BCUT2D eigenvalue weighted by Crippen LogP contribution is 2.28. The summed E-state index contributed by atoms with van der Waals surface area (Å²) in [7, 11) is 0. The molecule has 2 aromatic heterocycles. The molecule has 2 heterocycles. The number of halogens is 1. The van der Waals surface area contributed by atoms with Crippen LogP contribution in [0.2, 0.25) is 5.02 Å². The minimum absolute atomic E-state index is 0.176. The number of hydrogen-bond donors (Lipinski definition) is 1. The van der Waals surface area contributed by atoms with E-state index in [0.29, 0.717) is 21.8 Å². The number of thiophene rings is 1. The Balaban J connectivity index is 1.71. The van der Waals surface area contributed by atoms with Crippen molar-refractivity contribution in [2.75, 3.05) is 5.32 Å². The van der Waals surface area contributed by atoms with Gasteiger partial charge < -0.3 is 5.32 Å². The van der Waals surface area contributed by atoms with Crippen LogP contribution < -0.4 is 10.9 Å². The number of hydrogen-bond acceptors (Lipinski definition) is 4. The maximum absolute atomic E-state index is 12.8. The van der Waals surface area contributed by atoms with E-state index in [4.69, 9.17) is 11.6 Å². The lowest BCUT2D eigenvalue weighted by Gasteiger charge is -2.10. The number of aromatic nitrogens is 2. The fraction of sp³-hybridized carbons (Fsp3) is 0.0500. The van der Waals surface area contributed by atoms with Crippen molar-refractivity contribution in [3.05, 3.63) is 81.4 Å². The van der Waals surface area contributed by atoms with Gasteiger partial charge >= 0.3 is 0 Å². The molecule has 0 saturated heterocycles. The van der Waals surface area contributed by atoms with Gasteiger partial charge in [-0.1, -0.05) is 35.9 Å². The smallest absolute Gasteiger partial charge is 0.275 e. The molecule has 1 N–H and O–H groups in total. The Labute approximate surface area is 163 Å². The molecule has 0 unspecified atom stereocenters. The first-order valence-corrected chi connectivity index (χ1v) is 9.47. The van der Waals surface area contributed by atoms with E-state index >= 15 is 0 Å². The van der Waals surface area contributed by atoms with Crippen molar-refractivity contribution in [1.82, 2.24) is 9.78 Å². The van der Waals surface area contributed by atoms with Crippen molar-refractivity contribution in [2.24, 2.45) is 0 Å². The molecule has 4 rings (SSSR count). The van der Waals surface area contributed by atoms with Gasteiger partial charge in [0, 0.05) is 16.1 Å². The largest absolute Gasteiger partial charge is 0.324 e. The quantitative estimate of drug-likeness (QED) is 0.556. The van der Waals surface area contributed by atoms with Gasteiger partial charge in [0.15, 0.2) is 0 Å². The van der Waals surface area contributed by atoms with Gasteiger partial charge in [0.25, 0.3) is 5.56 Å². The van der Waals surface area contributed by atoms with Crippen molar-refractivity contribution < 1.29 is 4.79 Å². The number of nitrogens with zero attached hydrogens (tertiary/aromatic N) is 2. The number of nitrogens with one attached hydrogen (secondary N) is 1. The predicted octanol–water partition coefficient (Wildman–Crippen LogP) is 4.42. The van der Waals surface area contributed by atoms with E-state index in [2.05, 4.69) is 10.4 Å². The Bertz CT molecular complexity index is 1170. The van der Waals surface area contributed by atoms with E-state index in [1.807, 2.05) is 29.6 Å². The second kappa shape index (κ2) is 7.34. The summed E-state index contributed by atoms with van der Waals surface area (Å²) < 4.78 is 1.21. The second-order valence-corrected chi connectivity index (χ2v) is 7.27. The SMILES string of the molecule is O=C(Cn1nc(-c2cccs2)c2ccccc2c1=O)Nc1ccc(Cl)cc1. The molecular formula is C20H14ClN3O2S. The highest BCUT2D eigenvalue weighted by atomic mass is 35.5. The van der Waals surface area contributed by atoms with Crippen molar-refractivity contribution >= 4 is 45.3 Å². The molecule has 0 aliphatic carbocycles. The third kappa shape index (κ3) is 3.63. The summed E-state index contributed by atoms with van der Waals surface area (Å²) in [4.78, 5) is 26.1. The Morgan fingerprint density at radius 3 is 2.48 bits per heavy atom. The summed E-state index contributed by atoms with van der Waals surface area (Å²) in [5.74, 6) is -0.334. The average molecular weight is 396 g/mol. The van der Waals surface area contributed by atoms with Crippen LogP contribution in [-0.4, -0.2) is 15.7 Å². The summed E-state index contributed by atoms with van der Waals surface area (Å²) in [5, 5.41) is 11.1. The Morgan fingerprint density at radius 2 is 1.78 bits per heavy atom. The van der Waals surface area contributed by atoms with Crippen LogP contribution >= 0.6 is 22.9 Å². The number of anilines is 1. The maximum Gasteiger partial charge on any atom is 0.275 e. The van der Waals surface area contributed by atoms with Crippen molar-refractivity contribution in [2.45, 2.75) is 6.54 Å². The number of carbonyl (C=O) groups excluding carboxylic acids is 1. The van der Waals surface area contributed by atoms with Gasteiger partial charge in [0.1, 0.15) is 12.2 Å². The second-order valence-electron chi connectivity index (χ2n) is 5.89. The minimum Gasteiger partial charge on any atom is -0.324 e. The van der Waals surface area contributed by atoms with Gasteiger partial charge in [0.05, 0.1) is 10.3 Å². The third-order valence-electron chi connectivity index (χ3n) is 4.04. The topological polar surface area (TPSA) is 64.0 Å². The zero-order valence-corrected chi connectivity index (χ0v) is 15.6. The number of amides is 1. The average Bonchev–Trinajstić information content (AvgIpc) is 3.20. The highest BCUT2D eigenvalue weighted by molar-refractivity contribution is 7.13. The molecule has 0 bridgehead atoms. The lowest BCUT2D eigenvalue weighted by Crippen LogP contribution is -2.30. The molecule has 0 aliphatic heterocycles. The normalized spacial score (nSPS) is 10.9. The van der Waals surface area contributed by atoms with Gasteiger partial charge in [-0.05, 0) is 41.8 Å². The lowest BCUT2D eigenvalue weighted by atomic mass is 10.1. The first-order valence-electron chi connectivity index (χ1n) is 8.21. The summed E-state index contributed by atoms with van der Waals surface area (Å²) in [5.41, 5.74) is 1.01. The van der Waals surface area contributed by atoms with Crippen molar-refractivity contribution in [3.8, 4) is 10.6 Å². The van der Waals surface area contributed by atoms with Crippen LogP contribution in [0.15, 0.2) is 70.8 Å². The molecule has 4 aromatic rings. The van der Waals surface area contributed by atoms with E-state index < -0.39 is 0 Å². The zero-order chi connectivity index (χ0) is 18.8. The predicted molar refractivity (Wildman–Crippen MR) is 109 cm³/mol. The monoisotopic (exact) mass is 395 g/mol. The first kappa shape index (κ1) is 17.5. The molecule has 0 fully saturated rings. The molecule has 0 saturated carbocycles. The van der Waals surface area contributed by atoms with Gasteiger partial charge in [-0.2, -0.15) is 5.10 Å². The highest BCUT2D eigenvalue weighted by Gasteiger charge is 2.14. The molecule has 0 aliphatic rings. The third-order valence-corrected chi connectivity index (χ3v) is 5.17. The van der Waals surface area contributed by atoms with E-state index in [0.717, 1.165) is 10.3 Å². The minimum atomic E-state index is -0.334. The van der Waals surface area contributed by atoms with Gasteiger partial charge in [-0.3, -0.25) is 9.59 Å². The van der Waals surface area contributed by atoms with Crippen LogP contribution in [0.5, 0.6) is 0 Å². The summed E-state index contributed by atoms with van der Waals surface area (Å²) in [6.45, 7) is -0.176. The standard InChI is InChI=1S/C20H14ClN3O2S/c21-13-7-9-14(10-8-13)22-18(25)12-24-20(26)16-5-2-1-4-15(16)19(23-24)17-6-3-11-27-17/h1-11H,12H2,(H,22,25). The fourth-order valence-electron chi connectivity index (χ4n) is 2.81. The van der Waals surface area contributed by atoms with Crippen LogP contribution in [0, 0.1) is 0 Å². The van der Waals surface area contributed by atoms with Gasteiger partial charge in [0.2, 0.25) is 5.91 Å². The van der Waals surface area contributed by atoms with E-state index in [1.165, 1.54) is 16.0 Å². The molecular weight excluding hydrogens is 382 g/mol. The Hall–Kier alpha value is -2.96. The Morgan fingerprint density at radius 1 is 1.04 bits per heavy atom. The summed E-state index contributed by atoms with van der Waals surface area (Å²) >= 11 is 7.39. The van der Waals surface area contributed by atoms with Gasteiger partial charge in [-0.15, -0.1) is 11.3 Å². The van der Waals surface area contributed by atoms with E-state index in [-0.39, 0.29) is 18.0 Å². The fourth-order valence-corrected chi connectivity index (χ4v) is 3.66. The van der Waals surface area contributed by atoms with Crippen LogP contribution in [-0.2, 0) is 11.3 Å². The number of fused-ring (bicyclic) bond motifs is 1. The Kier molecular flexibility index (Phi) is 4.75. The van der Waals surface area contributed by atoms with E-state index in [9.17, 15) is 9.59 Å². The first-order chi connectivity index (χ1) is 13.1.